The van der Waals surface area contributed by atoms with Crippen LogP contribution in [-0.2, 0) is 11.3 Å². The van der Waals surface area contributed by atoms with E-state index in [9.17, 15) is 9.59 Å². The fourth-order valence-corrected chi connectivity index (χ4v) is 2.98. The van der Waals surface area contributed by atoms with Gasteiger partial charge in [0, 0.05) is 30.8 Å². The standard InChI is InChI=1S/C13H18BrN3O2/c1-3-16-8-9(14)7-11(16)13(19)17-6-4-5-10(17)12(18)15-2/h7-8,10H,3-6H2,1-2H3,(H,15,18). The molecule has 1 aliphatic heterocycles. The van der Waals surface area contributed by atoms with E-state index in [1.54, 1.807) is 11.9 Å². The van der Waals surface area contributed by atoms with E-state index in [1.807, 2.05) is 23.8 Å². The van der Waals surface area contributed by atoms with Gasteiger partial charge in [0.25, 0.3) is 5.91 Å². The molecule has 1 aromatic rings. The molecule has 2 heterocycles. The number of rotatable bonds is 3. The van der Waals surface area contributed by atoms with Gasteiger partial charge in [-0.25, -0.2) is 0 Å². The van der Waals surface area contributed by atoms with Gasteiger partial charge in [0.15, 0.2) is 0 Å². The zero-order valence-corrected chi connectivity index (χ0v) is 12.7. The molecule has 0 radical (unpaired) electrons. The summed E-state index contributed by atoms with van der Waals surface area (Å²) in [4.78, 5) is 26.0. The number of nitrogens with one attached hydrogen (secondary N) is 1. The number of likely N-dealkylation sites (N-methyl/N-ethyl adjacent to an activating group) is 1. The van der Waals surface area contributed by atoms with Gasteiger partial charge in [0.2, 0.25) is 5.91 Å². The normalized spacial score (nSPS) is 18.7. The molecule has 0 spiro atoms. The molecule has 6 heteroatoms. The lowest BCUT2D eigenvalue weighted by Crippen LogP contribution is -2.45. The molecule has 1 aliphatic rings. The summed E-state index contributed by atoms with van der Waals surface area (Å²) in [5.41, 5.74) is 0.630. The Morgan fingerprint density at radius 2 is 2.26 bits per heavy atom. The molecule has 0 aromatic carbocycles. The number of nitrogens with zero attached hydrogens (tertiary/aromatic N) is 2. The van der Waals surface area contributed by atoms with Crippen molar-refractivity contribution in [1.82, 2.24) is 14.8 Å². The first-order valence-corrected chi connectivity index (χ1v) is 7.26. The van der Waals surface area contributed by atoms with Crippen LogP contribution in [0.15, 0.2) is 16.7 Å². The number of carbonyl (C=O) groups is 2. The lowest BCUT2D eigenvalue weighted by Gasteiger charge is -2.23. The minimum Gasteiger partial charge on any atom is -0.357 e. The Bertz CT molecular complexity index is 498. The molecular formula is C13H18BrN3O2. The molecule has 2 rings (SSSR count). The van der Waals surface area contributed by atoms with Crippen molar-refractivity contribution in [2.24, 2.45) is 0 Å². The van der Waals surface area contributed by atoms with Crippen LogP contribution in [0.4, 0.5) is 0 Å². The van der Waals surface area contributed by atoms with E-state index in [0.717, 1.165) is 23.9 Å². The second-order valence-corrected chi connectivity index (χ2v) is 5.52. The topological polar surface area (TPSA) is 54.3 Å². The maximum Gasteiger partial charge on any atom is 0.271 e. The number of hydrogen-bond donors (Lipinski definition) is 1. The summed E-state index contributed by atoms with van der Waals surface area (Å²) in [5.74, 6) is -0.154. The van der Waals surface area contributed by atoms with Crippen LogP contribution in [0.3, 0.4) is 0 Å². The predicted molar refractivity (Wildman–Crippen MR) is 75.9 cm³/mol. The minimum atomic E-state index is -0.337. The van der Waals surface area contributed by atoms with Crippen LogP contribution in [0.25, 0.3) is 0 Å². The molecular weight excluding hydrogens is 310 g/mol. The predicted octanol–water partition coefficient (Wildman–Crippen LogP) is 1.62. The molecule has 1 N–H and O–H groups in total. The average molecular weight is 328 g/mol. The molecule has 1 unspecified atom stereocenters. The third kappa shape index (κ3) is 2.68. The Morgan fingerprint density at radius 3 is 2.89 bits per heavy atom. The Hall–Kier alpha value is -1.30. The third-order valence-electron chi connectivity index (χ3n) is 3.49. The summed E-state index contributed by atoms with van der Waals surface area (Å²) in [7, 11) is 1.61. The van der Waals surface area contributed by atoms with Crippen molar-refractivity contribution in [2.75, 3.05) is 13.6 Å². The zero-order valence-electron chi connectivity index (χ0n) is 11.1. The maximum absolute atomic E-state index is 12.6. The molecule has 5 nitrogen and oxygen atoms in total. The fraction of sp³-hybridized carbons (Fsp3) is 0.538. The highest BCUT2D eigenvalue weighted by Crippen LogP contribution is 2.23. The van der Waals surface area contributed by atoms with E-state index in [-0.39, 0.29) is 17.9 Å². The second kappa shape index (κ2) is 5.77. The Morgan fingerprint density at radius 1 is 1.53 bits per heavy atom. The number of halogens is 1. The van der Waals surface area contributed by atoms with Crippen LogP contribution in [-0.4, -0.2) is 40.9 Å². The molecule has 1 saturated heterocycles. The summed E-state index contributed by atoms with van der Waals surface area (Å²) in [6, 6.07) is 1.47. The van der Waals surface area contributed by atoms with Crippen LogP contribution in [0, 0.1) is 0 Å². The van der Waals surface area contributed by atoms with Crippen LogP contribution in [0.1, 0.15) is 30.3 Å². The van der Waals surface area contributed by atoms with E-state index in [2.05, 4.69) is 21.2 Å². The third-order valence-corrected chi connectivity index (χ3v) is 3.92. The largest absolute Gasteiger partial charge is 0.357 e. The molecule has 0 saturated carbocycles. The van der Waals surface area contributed by atoms with Gasteiger partial charge in [-0.2, -0.15) is 0 Å². The quantitative estimate of drug-likeness (QED) is 0.917. The minimum absolute atomic E-state index is 0.0707. The van der Waals surface area contributed by atoms with Crippen molar-refractivity contribution in [1.29, 1.82) is 0 Å². The summed E-state index contributed by atoms with van der Waals surface area (Å²) in [5, 5.41) is 2.63. The van der Waals surface area contributed by atoms with Crippen LogP contribution in [0.2, 0.25) is 0 Å². The van der Waals surface area contributed by atoms with E-state index < -0.39 is 0 Å². The highest BCUT2D eigenvalue weighted by Gasteiger charge is 2.34. The van der Waals surface area contributed by atoms with Gasteiger partial charge >= 0.3 is 0 Å². The van der Waals surface area contributed by atoms with Crippen LogP contribution >= 0.6 is 15.9 Å². The summed E-state index contributed by atoms with van der Waals surface area (Å²) in [6.07, 6.45) is 3.50. The van der Waals surface area contributed by atoms with Crippen molar-refractivity contribution in [3.8, 4) is 0 Å². The zero-order chi connectivity index (χ0) is 14.0. The Balaban J connectivity index is 2.25. The maximum atomic E-state index is 12.6. The van der Waals surface area contributed by atoms with Gasteiger partial charge in [0.1, 0.15) is 11.7 Å². The number of hydrogen-bond acceptors (Lipinski definition) is 2. The van der Waals surface area contributed by atoms with E-state index in [1.165, 1.54) is 0 Å². The van der Waals surface area contributed by atoms with Crippen molar-refractivity contribution >= 4 is 27.7 Å². The number of aryl methyl sites for hydroxylation is 1. The molecule has 0 bridgehead atoms. The van der Waals surface area contributed by atoms with Gasteiger partial charge in [0.05, 0.1) is 0 Å². The fourth-order valence-electron chi connectivity index (χ4n) is 2.51. The summed E-state index contributed by atoms with van der Waals surface area (Å²) in [6.45, 7) is 3.36. The molecule has 1 aromatic heterocycles. The Kier molecular flexibility index (Phi) is 4.29. The number of carbonyl (C=O) groups excluding carboxylic acids is 2. The van der Waals surface area contributed by atoms with Crippen molar-refractivity contribution in [2.45, 2.75) is 32.4 Å². The molecule has 1 atom stereocenters. The molecule has 0 aliphatic carbocycles. The average Bonchev–Trinajstić information content (AvgIpc) is 3.02. The monoisotopic (exact) mass is 327 g/mol. The first kappa shape index (κ1) is 14.1. The lowest BCUT2D eigenvalue weighted by molar-refractivity contribution is -0.124. The van der Waals surface area contributed by atoms with Gasteiger partial charge in [-0.1, -0.05) is 0 Å². The van der Waals surface area contributed by atoms with Crippen molar-refractivity contribution < 1.29 is 9.59 Å². The van der Waals surface area contributed by atoms with E-state index in [4.69, 9.17) is 0 Å². The van der Waals surface area contributed by atoms with Crippen LogP contribution in [0.5, 0.6) is 0 Å². The smallest absolute Gasteiger partial charge is 0.271 e. The molecule has 2 amide bonds. The number of likely N-dealkylation sites (tertiary alicyclic amines) is 1. The first-order chi connectivity index (χ1) is 9.08. The first-order valence-electron chi connectivity index (χ1n) is 6.46. The summed E-state index contributed by atoms with van der Waals surface area (Å²) >= 11 is 3.39. The number of aromatic nitrogens is 1. The number of amides is 2. The van der Waals surface area contributed by atoms with Crippen molar-refractivity contribution in [3.63, 3.8) is 0 Å². The van der Waals surface area contributed by atoms with Gasteiger partial charge in [-0.05, 0) is 41.8 Å². The second-order valence-electron chi connectivity index (χ2n) is 4.60. The summed E-state index contributed by atoms with van der Waals surface area (Å²) < 4.78 is 2.78. The van der Waals surface area contributed by atoms with Crippen molar-refractivity contribution in [3.05, 3.63) is 22.4 Å². The van der Waals surface area contributed by atoms with Gasteiger partial charge < -0.3 is 14.8 Å². The SMILES string of the molecule is CCn1cc(Br)cc1C(=O)N1CCCC1C(=O)NC. The Labute approximate surface area is 121 Å². The lowest BCUT2D eigenvalue weighted by atomic mass is 10.2. The highest BCUT2D eigenvalue weighted by molar-refractivity contribution is 9.10. The van der Waals surface area contributed by atoms with Gasteiger partial charge in [-0.3, -0.25) is 9.59 Å². The van der Waals surface area contributed by atoms with E-state index in [0.29, 0.717) is 12.2 Å². The van der Waals surface area contributed by atoms with Crippen LogP contribution < -0.4 is 5.32 Å². The molecule has 19 heavy (non-hydrogen) atoms. The van der Waals surface area contributed by atoms with E-state index >= 15 is 0 Å². The highest BCUT2D eigenvalue weighted by atomic mass is 79.9. The molecule has 1 fully saturated rings. The van der Waals surface area contributed by atoms with Gasteiger partial charge in [-0.15, -0.1) is 0 Å². The molecule has 104 valence electrons.